The maximum atomic E-state index is 12.3. The lowest BCUT2D eigenvalue weighted by molar-refractivity contribution is 0.0697. The zero-order valence-electron chi connectivity index (χ0n) is 13.1. The van der Waals surface area contributed by atoms with Crippen LogP contribution in [0.5, 0.6) is 5.75 Å². The molecule has 0 atom stereocenters. The van der Waals surface area contributed by atoms with Crippen LogP contribution in [0, 0.1) is 7.14 Å². The Bertz CT molecular complexity index is 908. The largest absolute Gasteiger partial charge is 0.496 e. The molecule has 0 heterocycles. The number of carboxylic acids is 1. The number of hydrogen-bond acceptors (Lipinski definition) is 4. The second kappa shape index (κ2) is 9.28. The summed E-state index contributed by atoms with van der Waals surface area (Å²) in [5.74, 6) is -0.915. The molecule has 0 aromatic heterocycles. The first-order chi connectivity index (χ1) is 12.2. The highest BCUT2D eigenvalue weighted by molar-refractivity contribution is 14.1. The summed E-state index contributed by atoms with van der Waals surface area (Å²) in [6.07, 6.45) is 0. The van der Waals surface area contributed by atoms with Crippen LogP contribution < -0.4 is 15.4 Å². The number of carbonyl (C=O) groups is 2. The number of methoxy groups -OCH3 is 1. The van der Waals surface area contributed by atoms with Crippen molar-refractivity contribution in [3.63, 3.8) is 0 Å². The minimum atomic E-state index is -1.09. The van der Waals surface area contributed by atoms with Gasteiger partial charge < -0.3 is 15.2 Å². The number of thiocarbonyl (C=S) groups is 1. The zero-order chi connectivity index (χ0) is 19.4. The standard InChI is InChI=1S/C16H11BrI2N2O4S/c1-25-12-3-2-7(4-10(12)17)14(22)21-16(26)20-13-9(15(23)24)5-8(18)6-11(13)19/h2-6H,1H3,(H,23,24)(H2,20,21,22,26). The Morgan fingerprint density at radius 3 is 2.50 bits per heavy atom. The number of amides is 1. The van der Waals surface area contributed by atoms with Crippen molar-refractivity contribution in [2.75, 3.05) is 12.4 Å². The molecule has 2 rings (SSSR count). The number of aromatic carboxylic acids is 1. The minimum absolute atomic E-state index is 0.00330. The lowest BCUT2D eigenvalue weighted by Crippen LogP contribution is -2.34. The zero-order valence-corrected chi connectivity index (χ0v) is 19.8. The smallest absolute Gasteiger partial charge is 0.337 e. The van der Waals surface area contributed by atoms with Gasteiger partial charge in [-0.1, -0.05) is 0 Å². The van der Waals surface area contributed by atoms with Gasteiger partial charge in [-0.2, -0.15) is 0 Å². The van der Waals surface area contributed by atoms with Crippen molar-refractivity contribution in [1.82, 2.24) is 5.32 Å². The highest BCUT2D eigenvalue weighted by Crippen LogP contribution is 2.27. The van der Waals surface area contributed by atoms with Crippen molar-refractivity contribution < 1.29 is 19.4 Å². The Hall–Kier alpha value is -0.990. The van der Waals surface area contributed by atoms with Gasteiger partial charge >= 0.3 is 5.97 Å². The van der Waals surface area contributed by atoms with Gasteiger partial charge in [0.25, 0.3) is 5.91 Å². The number of benzene rings is 2. The lowest BCUT2D eigenvalue weighted by atomic mass is 10.2. The molecule has 0 saturated heterocycles. The summed E-state index contributed by atoms with van der Waals surface area (Å²) < 4.78 is 7.22. The average molecular weight is 661 g/mol. The molecule has 0 bridgehead atoms. The molecular formula is C16H11BrI2N2O4S. The number of anilines is 1. The van der Waals surface area contributed by atoms with Gasteiger partial charge in [0.2, 0.25) is 0 Å². The summed E-state index contributed by atoms with van der Waals surface area (Å²) in [5.41, 5.74) is 0.780. The molecule has 2 aromatic carbocycles. The second-order valence-electron chi connectivity index (χ2n) is 4.87. The topological polar surface area (TPSA) is 87.7 Å². The van der Waals surface area contributed by atoms with E-state index < -0.39 is 11.9 Å². The predicted molar refractivity (Wildman–Crippen MR) is 123 cm³/mol. The molecular weight excluding hydrogens is 650 g/mol. The molecule has 0 saturated carbocycles. The van der Waals surface area contributed by atoms with E-state index in [1.54, 1.807) is 24.3 Å². The predicted octanol–water partition coefficient (Wildman–Crippen LogP) is 4.49. The van der Waals surface area contributed by atoms with Gasteiger partial charge in [-0.3, -0.25) is 10.1 Å². The summed E-state index contributed by atoms with van der Waals surface area (Å²) in [6.45, 7) is 0. The van der Waals surface area contributed by atoms with E-state index >= 15 is 0 Å². The van der Waals surface area contributed by atoms with Crippen LogP contribution in [0.15, 0.2) is 34.8 Å². The molecule has 0 aliphatic heterocycles. The summed E-state index contributed by atoms with van der Waals surface area (Å²) in [4.78, 5) is 23.8. The van der Waals surface area contributed by atoms with Crippen molar-refractivity contribution in [2.24, 2.45) is 0 Å². The van der Waals surface area contributed by atoms with E-state index in [1.807, 2.05) is 45.2 Å². The van der Waals surface area contributed by atoms with E-state index in [1.165, 1.54) is 13.2 Å². The highest BCUT2D eigenvalue weighted by Gasteiger charge is 2.17. The van der Waals surface area contributed by atoms with Crippen LogP contribution in [0.3, 0.4) is 0 Å². The number of carboxylic acid groups (broad SMARTS) is 1. The summed E-state index contributed by atoms with van der Waals surface area (Å²) >= 11 is 12.5. The van der Waals surface area contributed by atoms with E-state index in [0.29, 0.717) is 25.0 Å². The molecule has 6 nitrogen and oxygen atoms in total. The van der Waals surface area contributed by atoms with Crippen LogP contribution in [0.25, 0.3) is 0 Å². The van der Waals surface area contributed by atoms with E-state index in [0.717, 1.165) is 3.57 Å². The third-order valence-corrected chi connectivity index (χ3v) is 5.46. The van der Waals surface area contributed by atoms with E-state index in [4.69, 9.17) is 17.0 Å². The Morgan fingerprint density at radius 1 is 1.23 bits per heavy atom. The van der Waals surface area contributed by atoms with Gasteiger partial charge in [-0.05, 0) is 104 Å². The van der Waals surface area contributed by atoms with Crippen LogP contribution in [0.4, 0.5) is 5.69 Å². The SMILES string of the molecule is COc1ccc(C(=O)NC(=S)Nc2c(I)cc(I)cc2C(=O)O)cc1Br. The lowest BCUT2D eigenvalue weighted by Gasteiger charge is -2.14. The number of rotatable bonds is 4. The van der Waals surface area contributed by atoms with Crippen LogP contribution >= 0.6 is 73.3 Å². The van der Waals surface area contributed by atoms with Crippen LogP contribution in [-0.2, 0) is 0 Å². The molecule has 136 valence electrons. The molecule has 0 unspecified atom stereocenters. The molecule has 1 amide bonds. The molecule has 26 heavy (non-hydrogen) atoms. The summed E-state index contributed by atoms with van der Waals surface area (Å²) in [5, 5.41) is 14.7. The number of halogens is 3. The van der Waals surface area contributed by atoms with Crippen LogP contribution in [-0.4, -0.2) is 29.2 Å². The fraction of sp³-hybridized carbons (Fsp3) is 0.0625. The Morgan fingerprint density at radius 2 is 1.92 bits per heavy atom. The van der Waals surface area contributed by atoms with Crippen molar-refractivity contribution in [2.45, 2.75) is 0 Å². The first-order valence-electron chi connectivity index (χ1n) is 6.91. The third kappa shape index (κ3) is 5.27. The van der Waals surface area contributed by atoms with Crippen LogP contribution in [0.1, 0.15) is 20.7 Å². The summed E-state index contributed by atoms with van der Waals surface area (Å²) in [7, 11) is 1.53. The van der Waals surface area contributed by atoms with Gasteiger partial charge in [-0.15, -0.1) is 0 Å². The molecule has 0 fully saturated rings. The van der Waals surface area contributed by atoms with Crippen molar-refractivity contribution >= 4 is 96.0 Å². The second-order valence-corrected chi connectivity index (χ2v) is 8.54. The van der Waals surface area contributed by atoms with E-state index in [9.17, 15) is 14.7 Å². The maximum absolute atomic E-state index is 12.3. The van der Waals surface area contributed by atoms with Gasteiger partial charge in [-0.25, -0.2) is 4.79 Å². The Labute approximate surface area is 190 Å². The molecule has 0 radical (unpaired) electrons. The molecule has 0 aliphatic carbocycles. The highest BCUT2D eigenvalue weighted by atomic mass is 127. The van der Waals surface area contributed by atoms with Crippen molar-refractivity contribution in [3.05, 3.63) is 53.1 Å². The minimum Gasteiger partial charge on any atom is -0.496 e. The third-order valence-electron chi connectivity index (χ3n) is 3.16. The van der Waals surface area contributed by atoms with E-state index in [-0.39, 0.29) is 10.7 Å². The van der Waals surface area contributed by atoms with Crippen LogP contribution in [0.2, 0.25) is 0 Å². The first-order valence-corrected chi connectivity index (χ1v) is 10.3. The molecule has 0 spiro atoms. The van der Waals surface area contributed by atoms with Gasteiger partial charge in [0, 0.05) is 12.7 Å². The Kier molecular flexibility index (Phi) is 7.61. The van der Waals surface area contributed by atoms with Gasteiger partial charge in [0.1, 0.15) is 5.75 Å². The van der Waals surface area contributed by atoms with Gasteiger partial charge in [0.05, 0.1) is 22.8 Å². The number of hydrogen-bond donors (Lipinski definition) is 3. The normalized spacial score (nSPS) is 10.2. The fourth-order valence-electron chi connectivity index (χ4n) is 2.00. The monoisotopic (exact) mass is 660 g/mol. The number of ether oxygens (including phenoxy) is 1. The van der Waals surface area contributed by atoms with Crippen molar-refractivity contribution in [1.29, 1.82) is 0 Å². The Balaban J connectivity index is 2.18. The van der Waals surface area contributed by atoms with Gasteiger partial charge in [0.15, 0.2) is 5.11 Å². The fourth-order valence-corrected chi connectivity index (χ4v) is 4.71. The maximum Gasteiger partial charge on any atom is 0.337 e. The average Bonchev–Trinajstić information content (AvgIpc) is 2.56. The van der Waals surface area contributed by atoms with Crippen molar-refractivity contribution in [3.8, 4) is 5.75 Å². The number of nitrogens with one attached hydrogen (secondary N) is 2. The van der Waals surface area contributed by atoms with E-state index in [2.05, 4.69) is 26.6 Å². The number of carbonyl (C=O) groups excluding carboxylic acids is 1. The molecule has 2 aromatic rings. The first kappa shape index (κ1) is 21.3. The molecule has 10 heteroatoms. The molecule has 3 N–H and O–H groups in total. The molecule has 0 aliphatic rings. The quantitative estimate of drug-likeness (QED) is 0.331. The summed E-state index contributed by atoms with van der Waals surface area (Å²) in [6, 6.07) is 8.19.